The molecule has 3 aromatic heterocycles. The molecule has 8 heteroatoms. The summed E-state index contributed by atoms with van der Waals surface area (Å²) in [6.07, 6.45) is 4.82. The van der Waals surface area contributed by atoms with Crippen LogP contribution in [0.3, 0.4) is 0 Å². The lowest BCUT2D eigenvalue weighted by molar-refractivity contribution is 0.576. The second-order valence-corrected chi connectivity index (χ2v) is 6.36. The standard InChI is InChI=1S/C13H11ClN4O2S/c14-12-13(18-7-2-1-5-11(18)17-12)21(19,20)16-9-10-4-3-6-15-8-10/h1-8,16H,9H2. The highest BCUT2D eigenvalue weighted by molar-refractivity contribution is 7.89. The first-order valence-electron chi connectivity index (χ1n) is 6.09. The van der Waals surface area contributed by atoms with Gasteiger partial charge in [0.1, 0.15) is 5.65 Å². The Morgan fingerprint density at radius 3 is 2.86 bits per heavy atom. The fourth-order valence-electron chi connectivity index (χ4n) is 1.93. The number of sulfonamides is 1. The number of nitrogens with zero attached hydrogens (tertiary/aromatic N) is 3. The molecule has 0 amide bonds. The van der Waals surface area contributed by atoms with Gasteiger partial charge < -0.3 is 0 Å². The predicted octanol–water partition coefficient (Wildman–Crippen LogP) is 1.86. The number of imidazole rings is 1. The molecule has 3 heterocycles. The highest BCUT2D eigenvalue weighted by Gasteiger charge is 2.23. The number of pyridine rings is 2. The molecule has 3 rings (SSSR count). The summed E-state index contributed by atoms with van der Waals surface area (Å²) in [6.45, 7) is 0.132. The lowest BCUT2D eigenvalue weighted by atomic mass is 10.3. The number of nitrogens with one attached hydrogen (secondary N) is 1. The SMILES string of the molecule is O=S(=O)(NCc1cccnc1)c1c(Cl)nc2ccccn12. The van der Waals surface area contributed by atoms with Crippen molar-refractivity contribution in [3.05, 3.63) is 59.6 Å². The molecule has 0 aliphatic rings. The molecule has 108 valence electrons. The van der Waals surface area contributed by atoms with Gasteiger partial charge in [-0.1, -0.05) is 23.7 Å². The first-order valence-corrected chi connectivity index (χ1v) is 7.95. The van der Waals surface area contributed by atoms with E-state index in [0.717, 1.165) is 5.56 Å². The van der Waals surface area contributed by atoms with Gasteiger partial charge in [-0.2, -0.15) is 0 Å². The van der Waals surface area contributed by atoms with E-state index >= 15 is 0 Å². The first kappa shape index (κ1) is 14.0. The molecule has 3 aromatic rings. The molecule has 0 spiro atoms. The van der Waals surface area contributed by atoms with Gasteiger partial charge in [0.05, 0.1) is 0 Å². The van der Waals surface area contributed by atoms with Crippen molar-refractivity contribution >= 4 is 27.3 Å². The normalized spacial score (nSPS) is 11.9. The van der Waals surface area contributed by atoms with Crippen LogP contribution in [0, 0.1) is 0 Å². The number of halogens is 1. The van der Waals surface area contributed by atoms with E-state index in [-0.39, 0.29) is 16.7 Å². The molecule has 0 aliphatic heterocycles. The number of hydrogen-bond donors (Lipinski definition) is 1. The van der Waals surface area contributed by atoms with Gasteiger partial charge in [-0.15, -0.1) is 0 Å². The Morgan fingerprint density at radius 2 is 2.10 bits per heavy atom. The second-order valence-electron chi connectivity index (χ2n) is 4.32. The summed E-state index contributed by atoms with van der Waals surface area (Å²) in [5.74, 6) is 0. The number of aromatic nitrogens is 3. The van der Waals surface area contributed by atoms with Crippen LogP contribution >= 0.6 is 11.6 Å². The van der Waals surface area contributed by atoms with Gasteiger partial charge in [-0.3, -0.25) is 9.38 Å². The van der Waals surface area contributed by atoms with Crippen molar-refractivity contribution in [1.82, 2.24) is 19.1 Å². The lowest BCUT2D eigenvalue weighted by Crippen LogP contribution is -2.24. The van der Waals surface area contributed by atoms with Gasteiger partial charge in [-0.05, 0) is 23.8 Å². The van der Waals surface area contributed by atoms with Crippen LogP contribution in [0.4, 0.5) is 0 Å². The second kappa shape index (κ2) is 5.44. The first-order chi connectivity index (χ1) is 10.1. The smallest absolute Gasteiger partial charge is 0.260 e. The average Bonchev–Trinajstić information content (AvgIpc) is 2.83. The van der Waals surface area contributed by atoms with Gasteiger partial charge in [0, 0.05) is 25.1 Å². The van der Waals surface area contributed by atoms with Crippen molar-refractivity contribution in [3.63, 3.8) is 0 Å². The highest BCUT2D eigenvalue weighted by atomic mass is 35.5. The van der Waals surface area contributed by atoms with Crippen molar-refractivity contribution < 1.29 is 8.42 Å². The molecule has 0 radical (unpaired) electrons. The third-order valence-electron chi connectivity index (χ3n) is 2.89. The summed E-state index contributed by atoms with van der Waals surface area (Å²) in [6, 6.07) is 8.69. The summed E-state index contributed by atoms with van der Waals surface area (Å²) in [7, 11) is -3.78. The van der Waals surface area contributed by atoms with E-state index in [4.69, 9.17) is 11.6 Å². The van der Waals surface area contributed by atoms with Crippen molar-refractivity contribution in [3.8, 4) is 0 Å². The topological polar surface area (TPSA) is 76.4 Å². The third-order valence-corrected chi connectivity index (χ3v) is 4.69. The van der Waals surface area contributed by atoms with Crippen molar-refractivity contribution in [2.75, 3.05) is 0 Å². The Bertz CT molecular complexity index is 878. The molecular formula is C13H11ClN4O2S. The minimum absolute atomic E-state index is 0.0557. The lowest BCUT2D eigenvalue weighted by Gasteiger charge is -2.06. The molecule has 0 bridgehead atoms. The van der Waals surface area contributed by atoms with Gasteiger partial charge in [0.25, 0.3) is 10.0 Å². The maximum atomic E-state index is 12.4. The van der Waals surface area contributed by atoms with Crippen LogP contribution in [0.25, 0.3) is 5.65 Å². The van der Waals surface area contributed by atoms with E-state index in [1.54, 1.807) is 48.9 Å². The van der Waals surface area contributed by atoms with Gasteiger partial charge in [-0.25, -0.2) is 18.1 Å². The average molecular weight is 323 g/mol. The zero-order chi connectivity index (χ0) is 14.9. The van der Waals surface area contributed by atoms with Crippen molar-refractivity contribution in [1.29, 1.82) is 0 Å². The summed E-state index contributed by atoms with van der Waals surface area (Å²) in [5.41, 5.74) is 1.23. The molecule has 0 aromatic carbocycles. The number of rotatable bonds is 4. The largest absolute Gasteiger partial charge is 0.288 e. The molecule has 1 N–H and O–H groups in total. The van der Waals surface area contributed by atoms with Crippen LogP contribution in [0.2, 0.25) is 5.15 Å². The summed E-state index contributed by atoms with van der Waals surface area (Å²) in [5, 5.41) is -0.122. The van der Waals surface area contributed by atoms with Crippen LogP contribution in [0.5, 0.6) is 0 Å². The minimum atomic E-state index is -3.78. The summed E-state index contributed by atoms with van der Waals surface area (Å²) < 4.78 is 28.8. The molecule has 0 unspecified atom stereocenters. The van der Waals surface area contributed by atoms with E-state index in [1.165, 1.54) is 4.40 Å². The molecule has 6 nitrogen and oxygen atoms in total. The van der Waals surface area contributed by atoms with Crippen LogP contribution in [-0.4, -0.2) is 22.8 Å². The quantitative estimate of drug-likeness (QED) is 0.795. The van der Waals surface area contributed by atoms with Gasteiger partial charge in [0.2, 0.25) is 0 Å². The molecule has 0 saturated carbocycles. The predicted molar refractivity (Wildman–Crippen MR) is 78.5 cm³/mol. The van der Waals surface area contributed by atoms with Crippen molar-refractivity contribution in [2.45, 2.75) is 11.6 Å². The zero-order valence-electron chi connectivity index (χ0n) is 10.8. The number of hydrogen-bond acceptors (Lipinski definition) is 4. The fourth-order valence-corrected chi connectivity index (χ4v) is 3.59. The van der Waals surface area contributed by atoms with E-state index in [2.05, 4.69) is 14.7 Å². The Labute approximate surface area is 126 Å². The van der Waals surface area contributed by atoms with Crippen molar-refractivity contribution in [2.24, 2.45) is 0 Å². The maximum Gasteiger partial charge on any atom is 0.260 e. The van der Waals surface area contributed by atoms with Crippen LogP contribution in [0.15, 0.2) is 53.9 Å². The highest BCUT2D eigenvalue weighted by Crippen LogP contribution is 2.22. The number of fused-ring (bicyclic) bond motifs is 1. The Balaban J connectivity index is 1.95. The molecular weight excluding hydrogens is 312 g/mol. The molecule has 0 atom stereocenters. The fraction of sp³-hybridized carbons (Fsp3) is 0.0769. The summed E-state index contributed by atoms with van der Waals surface area (Å²) >= 11 is 5.97. The van der Waals surface area contributed by atoms with Crippen LogP contribution in [-0.2, 0) is 16.6 Å². The molecule has 0 fully saturated rings. The van der Waals surface area contributed by atoms with Gasteiger partial charge in [0.15, 0.2) is 10.2 Å². The maximum absolute atomic E-state index is 12.4. The minimum Gasteiger partial charge on any atom is -0.288 e. The van der Waals surface area contributed by atoms with Crippen LogP contribution < -0.4 is 4.72 Å². The van der Waals surface area contributed by atoms with Crippen LogP contribution in [0.1, 0.15) is 5.56 Å². The molecule has 21 heavy (non-hydrogen) atoms. The van der Waals surface area contributed by atoms with E-state index in [9.17, 15) is 8.42 Å². The Kier molecular flexibility index (Phi) is 3.62. The molecule has 0 saturated heterocycles. The van der Waals surface area contributed by atoms with E-state index in [1.807, 2.05) is 0 Å². The third kappa shape index (κ3) is 2.76. The Hall–Kier alpha value is -1.96. The van der Waals surface area contributed by atoms with Gasteiger partial charge >= 0.3 is 0 Å². The van der Waals surface area contributed by atoms with E-state index in [0.29, 0.717) is 5.65 Å². The zero-order valence-corrected chi connectivity index (χ0v) is 12.3. The molecule has 0 aliphatic carbocycles. The summed E-state index contributed by atoms with van der Waals surface area (Å²) in [4.78, 5) is 7.97. The Morgan fingerprint density at radius 1 is 1.24 bits per heavy atom. The van der Waals surface area contributed by atoms with E-state index < -0.39 is 10.0 Å². The monoisotopic (exact) mass is 322 g/mol.